The molecule has 3 N–H and O–H groups in total. The van der Waals surface area contributed by atoms with Crippen LogP contribution < -0.4 is 11.1 Å². The van der Waals surface area contributed by atoms with E-state index in [1.165, 1.54) is 0 Å². The predicted molar refractivity (Wildman–Crippen MR) is 35.1 cm³/mol. The van der Waals surface area contributed by atoms with Crippen LogP contribution in [0.4, 0.5) is 0 Å². The molecule has 0 aromatic heterocycles. The maximum absolute atomic E-state index is 5.77. The van der Waals surface area contributed by atoms with Gasteiger partial charge in [0.2, 0.25) is 0 Å². The largest absolute Gasteiger partial charge is 0.329 e. The van der Waals surface area contributed by atoms with Gasteiger partial charge in [-0.05, 0) is 6.42 Å². The molecule has 0 aromatic rings. The molecule has 0 radical (unpaired) electrons. The highest BCUT2D eigenvalue weighted by Crippen LogP contribution is 2.10. The molecule has 0 aliphatic carbocycles. The Hall–Kier alpha value is 0.210. The van der Waals surface area contributed by atoms with Gasteiger partial charge in [-0.3, -0.25) is 0 Å². The fourth-order valence-corrected chi connectivity index (χ4v) is 1.25. The van der Waals surface area contributed by atoms with Crippen LogP contribution in [0.1, 0.15) is 6.42 Å². The first-order chi connectivity index (χ1) is 3.83. The lowest BCUT2D eigenvalue weighted by Crippen LogP contribution is -2.29. The van der Waals surface area contributed by atoms with Crippen LogP contribution in [0.25, 0.3) is 0 Å². The summed E-state index contributed by atoms with van der Waals surface area (Å²) in [5.74, 6) is 0. The molecule has 1 aliphatic rings. The third-order valence-corrected chi connectivity index (χ3v) is 1.79. The normalized spacial score (nSPS) is 38.2. The van der Waals surface area contributed by atoms with Gasteiger partial charge in [0, 0.05) is 24.5 Å². The van der Waals surface area contributed by atoms with Crippen LogP contribution in [-0.4, -0.2) is 24.5 Å². The molecule has 2 nitrogen and oxygen atoms in total. The molecule has 0 aromatic carbocycles. The number of hydrogen-bond donors (Lipinski definition) is 2. The van der Waals surface area contributed by atoms with Gasteiger partial charge in [0.05, 0.1) is 0 Å². The van der Waals surface area contributed by atoms with Gasteiger partial charge in [0.1, 0.15) is 0 Å². The number of hydrogen-bond acceptors (Lipinski definition) is 2. The summed E-state index contributed by atoms with van der Waals surface area (Å²) in [7, 11) is 0. The Labute approximate surface area is 54.4 Å². The number of halogens is 1. The van der Waals surface area contributed by atoms with Crippen LogP contribution in [0.3, 0.4) is 0 Å². The summed E-state index contributed by atoms with van der Waals surface area (Å²) >= 11 is 5.77. The van der Waals surface area contributed by atoms with E-state index < -0.39 is 0 Å². The van der Waals surface area contributed by atoms with Crippen LogP contribution >= 0.6 is 11.6 Å². The summed E-state index contributed by atoms with van der Waals surface area (Å²) < 4.78 is 0. The molecule has 1 heterocycles. The third kappa shape index (κ3) is 1.34. The molecule has 8 heavy (non-hydrogen) atoms. The number of rotatable bonds is 1. The number of alkyl halides is 1. The van der Waals surface area contributed by atoms with Gasteiger partial charge in [-0.2, -0.15) is 0 Å². The fraction of sp³-hybridized carbons (Fsp3) is 1.00. The average Bonchev–Trinajstić information content (AvgIpc) is 2.14. The van der Waals surface area contributed by atoms with E-state index >= 15 is 0 Å². The Kier molecular flexibility index (Phi) is 2.11. The van der Waals surface area contributed by atoms with Gasteiger partial charge in [-0.1, -0.05) is 0 Å². The van der Waals surface area contributed by atoms with E-state index in [4.69, 9.17) is 17.3 Å². The smallest absolute Gasteiger partial charge is 0.0476 e. The second-order valence-electron chi connectivity index (χ2n) is 2.17. The van der Waals surface area contributed by atoms with Crippen molar-refractivity contribution in [1.29, 1.82) is 0 Å². The van der Waals surface area contributed by atoms with E-state index in [1.807, 2.05) is 0 Å². The molecule has 1 aliphatic heterocycles. The average molecular weight is 135 g/mol. The van der Waals surface area contributed by atoms with Crippen molar-refractivity contribution in [3.8, 4) is 0 Å². The standard InChI is InChI=1S/C5H11ClN2/c6-4-1-5(2-7)8-3-4/h4-5,8H,1-3,7H2. The quantitative estimate of drug-likeness (QED) is 0.492. The Morgan fingerprint density at radius 3 is 2.75 bits per heavy atom. The van der Waals surface area contributed by atoms with Gasteiger partial charge in [-0.25, -0.2) is 0 Å². The van der Waals surface area contributed by atoms with Crippen molar-refractivity contribution in [2.24, 2.45) is 5.73 Å². The Balaban J connectivity index is 2.22. The van der Waals surface area contributed by atoms with E-state index in [9.17, 15) is 0 Å². The maximum Gasteiger partial charge on any atom is 0.0476 e. The Morgan fingerprint density at radius 2 is 2.50 bits per heavy atom. The molecular weight excluding hydrogens is 124 g/mol. The van der Waals surface area contributed by atoms with Crippen molar-refractivity contribution < 1.29 is 0 Å². The van der Waals surface area contributed by atoms with E-state index in [1.54, 1.807) is 0 Å². The maximum atomic E-state index is 5.77. The van der Waals surface area contributed by atoms with Gasteiger partial charge < -0.3 is 11.1 Å². The summed E-state index contributed by atoms with van der Waals surface area (Å²) in [6.07, 6.45) is 1.03. The molecule has 3 heteroatoms. The zero-order valence-electron chi connectivity index (χ0n) is 4.73. The van der Waals surface area contributed by atoms with E-state index in [0.29, 0.717) is 18.0 Å². The zero-order chi connectivity index (χ0) is 5.98. The minimum Gasteiger partial charge on any atom is -0.329 e. The molecule has 0 amide bonds. The fourth-order valence-electron chi connectivity index (χ4n) is 0.949. The Bertz CT molecular complexity index is 76.8. The molecule has 0 bridgehead atoms. The van der Waals surface area contributed by atoms with Crippen molar-refractivity contribution >= 4 is 11.6 Å². The zero-order valence-corrected chi connectivity index (χ0v) is 5.49. The summed E-state index contributed by atoms with van der Waals surface area (Å²) in [5.41, 5.74) is 5.37. The minimum atomic E-state index is 0.309. The van der Waals surface area contributed by atoms with Crippen LogP contribution in [0.5, 0.6) is 0 Å². The van der Waals surface area contributed by atoms with Gasteiger partial charge in [0.25, 0.3) is 0 Å². The van der Waals surface area contributed by atoms with E-state index in [2.05, 4.69) is 5.32 Å². The van der Waals surface area contributed by atoms with E-state index in [0.717, 1.165) is 13.0 Å². The topological polar surface area (TPSA) is 38.0 Å². The molecule has 1 fully saturated rings. The molecule has 0 spiro atoms. The van der Waals surface area contributed by atoms with Crippen LogP contribution in [0.15, 0.2) is 0 Å². The first-order valence-electron chi connectivity index (χ1n) is 2.90. The molecular formula is C5H11ClN2. The highest BCUT2D eigenvalue weighted by atomic mass is 35.5. The lowest BCUT2D eigenvalue weighted by atomic mass is 10.2. The van der Waals surface area contributed by atoms with Crippen LogP contribution in [0, 0.1) is 0 Å². The van der Waals surface area contributed by atoms with Crippen molar-refractivity contribution in [2.75, 3.05) is 13.1 Å². The first-order valence-corrected chi connectivity index (χ1v) is 3.34. The Morgan fingerprint density at radius 1 is 1.75 bits per heavy atom. The monoisotopic (exact) mass is 134 g/mol. The second kappa shape index (κ2) is 2.67. The summed E-state index contributed by atoms with van der Waals surface area (Å²) in [6, 6.07) is 0.470. The van der Waals surface area contributed by atoms with E-state index in [-0.39, 0.29) is 0 Å². The highest BCUT2D eigenvalue weighted by Gasteiger charge is 2.19. The van der Waals surface area contributed by atoms with Crippen LogP contribution in [0.2, 0.25) is 0 Å². The predicted octanol–water partition coefficient (Wildman–Crippen LogP) is -0.0856. The minimum absolute atomic E-state index is 0.309. The highest BCUT2D eigenvalue weighted by molar-refractivity contribution is 6.21. The van der Waals surface area contributed by atoms with Gasteiger partial charge in [0.15, 0.2) is 0 Å². The lowest BCUT2D eigenvalue weighted by molar-refractivity contribution is 0.617. The molecule has 1 rings (SSSR count). The molecule has 0 saturated carbocycles. The lowest BCUT2D eigenvalue weighted by Gasteiger charge is -2.02. The summed E-state index contributed by atoms with van der Waals surface area (Å²) in [5, 5.41) is 3.51. The third-order valence-electron chi connectivity index (χ3n) is 1.45. The summed E-state index contributed by atoms with van der Waals surface area (Å²) in [6.45, 7) is 1.63. The summed E-state index contributed by atoms with van der Waals surface area (Å²) in [4.78, 5) is 0. The molecule has 2 atom stereocenters. The van der Waals surface area contributed by atoms with Gasteiger partial charge in [-0.15, -0.1) is 11.6 Å². The van der Waals surface area contributed by atoms with Crippen molar-refractivity contribution in [3.63, 3.8) is 0 Å². The SMILES string of the molecule is NCC1CC(Cl)CN1. The molecule has 2 unspecified atom stereocenters. The second-order valence-corrected chi connectivity index (χ2v) is 2.79. The van der Waals surface area contributed by atoms with Crippen molar-refractivity contribution in [1.82, 2.24) is 5.32 Å². The first kappa shape index (κ1) is 6.33. The number of nitrogens with one attached hydrogen (secondary N) is 1. The van der Waals surface area contributed by atoms with Crippen molar-refractivity contribution in [2.45, 2.75) is 17.8 Å². The molecule has 48 valence electrons. The number of nitrogens with two attached hydrogens (primary N) is 1. The van der Waals surface area contributed by atoms with Crippen molar-refractivity contribution in [3.05, 3.63) is 0 Å². The molecule has 1 saturated heterocycles. The van der Waals surface area contributed by atoms with Crippen LogP contribution in [-0.2, 0) is 0 Å². The van der Waals surface area contributed by atoms with Gasteiger partial charge >= 0.3 is 0 Å².